The van der Waals surface area contributed by atoms with E-state index in [4.69, 9.17) is 8.85 Å². The maximum atomic E-state index is 11.1. The second-order valence-corrected chi connectivity index (χ2v) is 8.74. The minimum Gasteiger partial charge on any atom is -0.391 e. The van der Waals surface area contributed by atoms with Crippen molar-refractivity contribution in [2.24, 2.45) is 0 Å². The van der Waals surface area contributed by atoms with Gasteiger partial charge in [0.25, 0.3) is 0 Å². The molecule has 24 heavy (non-hydrogen) atoms. The molecule has 0 aliphatic heterocycles. The zero-order chi connectivity index (χ0) is 17.4. The highest BCUT2D eigenvalue weighted by Gasteiger charge is 2.53. The van der Waals surface area contributed by atoms with Crippen molar-refractivity contribution < 1.29 is 19.1 Å². The predicted octanol–water partition coefficient (Wildman–Crippen LogP) is 3.44. The molecule has 2 rings (SSSR count). The summed E-state index contributed by atoms with van der Waals surface area (Å²) >= 11 is 0. The van der Waals surface area contributed by atoms with Crippen LogP contribution in [0.5, 0.6) is 0 Å². The van der Waals surface area contributed by atoms with Crippen LogP contribution in [-0.2, 0) is 8.85 Å². The lowest BCUT2D eigenvalue weighted by molar-refractivity contribution is 0.0587. The zero-order valence-electron chi connectivity index (χ0n) is 14.3. The third kappa shape index (κ3) is 4.12. The first kappa shape index (κ1) is 18.8. The maximum absolute atomic E-state index is 11.1. The Balaban J connectivity index is 2.45. The molecule has 0 radical (unpaired) electrons. The van der Waals surface area contributed by atoms with Crippen LogP contribution in [-0.4, -0.2) is 32.0 Å². The van der Waals surface area contributed by atoms with Gasteiger partial charge in [0.15, 0.2) is 0 Å². The summed E-state index contributed by atoms with van der Waals surface area (Å²) in [5.74, 6) is 0. The summed E-state index contributed by atoms with van der Waals surface area (Å²) in [6.07, 6.45) is 0.783. The van der Waals surface area contributed by atoms with Crippen LogP contribution < -0.4 is 0 Å². The number of hydrogen-bond donors (Lipinski definition) is 2. The fraction of sp³-hybridized carbons (Fsp3) is 0.368. The van der Waals surface area contributed by atoms with Crippen molar-refractivity contribution in [2.45, 2.75) is 31.7 Å². The van der Waals surface area contributed by atoms with Gasteiger partial charge in [-0.2, -0.15) is 0 Å². The van der Waals surface area contributed by atoms with Crippen molar-refractivity contribution in [3.8, 4) is 0 Å². The van der Waals surface area contributed by atoms with Gasteiger partial charge >= 0.3 is 8.56 Å². The third-order valence-electron chi connectivity index (χ3n) is 3.89. The van der Waals surface area contributed by atoms with Crippen LogP contribution in [0, 0.1) is 0 Å². The van der Waals surface area contributed by atoms with E-state index in [-0.39, 0.29) is 0 Å². The highest BCUT2D eigenvalue weighted by atomic mass is 28.4. The summed E-state index contributed by atoms with van der Waals surface area (Å²) in [6, 6.07) is 18.5. The number of rotatable bonds is 9. The molecule has 0 heterocycles. The Morgan fingerprint density at radius 3 is 1.62 bits per heavy atom. The first-order chi connectivity index (χ1) is 11.7. The van der Waals surface area contributed by atoms with Crippen molar-refractivity contribution in [3.05, 3.63) is 71.8 Å². The van der Waals surface area contributed by atoms with Gasteiger partial charge < -0.3 is 19.1 Å². The molecule has 0 aromatic heterocycles. The van der Waals surface area contributed by atoms with Crippen molar-refractivity contribution in [3.63, 3.8) is 0 Å². The molecule has 2 aromatic rings. The van der Waals surface area contributed by atoms with Crippen molar-refractivity contribution in [2.75, 3.05) is 13.2 Å². The van der Waals surface area contributed by atoms with E-state index in [1.165, 1.54) is 0 Å². The van der Waals surface area contributed by atoms with Gasteiger partial charge in [0.05, 0.1) is 0 Å². The highest BCUT2D eigenvalue weighted by Crippen LogP contribution is 2.37. The molecule has 2 N–H and O–H groups in total. The first-order valence-electron chi connectivity index (χ1n) is 8.39. The molecule has 2 unspecified atom stereocenters. The maximum Gasteiger partial charge on any atom is 0.406 e. The van der Waals surface area contributed by atoms with E-state index < -0.39 is 20.0 Å². The monoisotopic (exact) mass is 346 g/mol. The molecule has 130 valence electrons. The SMILES string of the molecule is CCCO[Si](OCC)(C(O)c1ccccc1)C(O)c1ccccc1. The normalized spacial score (nSPS) is 16.3. The van der Waals surface area contributed by atoms with E-state index in [2.05, 4.69) is 0 Å². The standard InChI is InChI=1S/C19H26O4Si/c1-3-15-23-24(22-4-2,18(20)16-11-7-5-8-12-16)19(21)17-13-9-6-10-14-17/h5-14,18-21H,3-4,15H2,1-2H3. The Kier molecular flexibility index (Phi) is 7.14. The summed E-state index contributed by atoms with van der Waals surface area (Å²) in [5.41, 5.74) is -0.576. The predicted molar refractivity (Wildman–Crippen MR) is 96.4 cm³/mol. The molecule has 2 aromatic carbocycles. The van der Waals surface area contributed by atoms with E-state index in [1.807, 2.05) is 74.5 Å². The Hall–Kier alpha value is -1.50. The quantitative estimate of drug-likeness (QED) is 0.683. The molecular weight excluding hydrogens is 320 g/mol. The van der Waals surface area contributed by atoms with Crippen molar-refractivity contribution >= 4 is 8.56 Å². The lowest BCUT2D eigenvalue weighted by Crippen LogP contribution is -2.54. The second-order valence-electron chi connectivity index (χ2n) is 5.63. The molecule has 2 atom stereocenters. The number of hydrogen-bond acceptors (Lipinski definition) is 4. The fourth-order valence-electron chi connectivity index (χ4n) is 2.73. The summed E-state index contributed by atoms with van der Waals surface area (Å²) in [6.45, 7) is 4.64. The van der Waals surface area contributed by atoms with Crippen molar-refractivity contribution in [1.29, 1.82) is 0 Å². The zero-order valence-corrected chi connectivity index (χ0v) is 15.3. The molecule has 5 heteroatoms. The summed E-state index contributed by atoms with van der Waals surface area (Å²) in [7, 11) is -3.39. The van der Waals surface area contributed by atoms with Crippen LogP contribution >= 0.6 is 0 Å². The van der Waals surface area contributed by atoms with Crippen LogP contribution in [0.2, 0.25) is 0 Å². The Labute approximate surface area is 144 Å². The van der Waals surface area contributed by atoms with Gasteiger partial charge in [0.1, 0.15) is 11.5 Å². The average molecular weight is 346 g/mol. The fourth-order valence-corrected chi connectivity index (χ4v) is 6.03. The van der Waals surface area contributed by atoms with Crippen LogP contribution in [0.3, 0.4) is 0 Å². The van der Waals surface area contributed by atoms with E-state index in [0.717, 1.165) is 6.42 Å². The van der Waals surface area contributed by atoms with Gasteiger partial charge in [-0.1, -0.05) is 67.6 Å². The van der Waals surface area contributed by atoms with Gasteiger partial charge in [-0.25, -0.2) is 0 Å². The van der Waals surface area contributed by atoms with Crippen LogP contribution in [0.1, 0.15) is 42.8 Å². The van der Waals surface area contributed by atoms with Gasteiger partial charge in [-0.15, -0.1) is 0 Å². The molecular formula is C19H26O4Si. The van der Waals surface area contributed by atoms with Gasteiger partial charge in [0.2, 0.25) is 0 Å². The van der Waals surface area contributed by atoms with Crippen molar-refractivity contribution in [1.82, 2.24) is 0 Å². The molecule has 0 aliphatic rings. The summed E-state index contributed by atoms with van der Waals surface area (Å²) < 4.78 is 12.0. The highest BCUT2D eigenvalue weighted by molar-refractivity contribution is 6.69. The van der Waals surface area contributed by atoms with E-state index in [9.17, 15) is 10.2 Å². The van der Waals surface area contributed by atoms with Gasteiger partial charge in [-0.05, 0) is 24.5 Å². The third-order valence-corrected chi connectivity index (χ3v) is 7.48. The summed E-state index contributed by atoms with van der Waals surface area (Å²) in [4.78, 5) is 0. The minimum atomic E-state index is -3.39. The molecule has 0 saturated carbocycles. The number of aliphatic hydroxyl groups is 2. The van der Waals surface area contributed by atoms with E-state index >= 15 is 0 Å². The first-order valence-corrected chi connectivity index (χ1v) is 10.4. The lowest BCUT2D eigenvalue weighted by atomic mass is 10.2. The van der Waals surface area contributed by atoms with Crippen LogP contribution in [0.25, 0.3) is 0 Å². The Morgan fingerprint density at radius 1 is 0.792 bits per heavy atom. The number of benzene rings is 2. The average Bonchev–Trinajstić information content (AvgIpc) is 2.65. The van der Waals surface area contributed by atoms with Crippen LogP contribution in [0.15, 0.2) is 60.7 Å². The van der Waals surface area contributed by atoms with E-state index in [1.54, 1.807) is 0 Å². The second kappa shape index (κ2) is 9.10. The molecule has 0 saturated heterocycles. The topological polar surface area (TPSA) is 58.9 Å². The number of aliphatic hydroxyl groups excluding tert-OH is 2. The van der Waals surface area contributed by atoms with Crippen LogP contribution in [0.4, 0.5) is 0 Å². The molecule has 0 aliphatic carbocycles. The minimum absolute atomic E-state index is 0.365. The smallest absolute Gasteiger partial charge is 0.391 e. The van der Waals surface area contributed by atoms with Gasteiger partial charge in [0, 0.05) is 13.2 Å². The Bertz CT molecular complexity index is 545. The van der Waals surface area contributed by atoms with E-state index in [0.29, 0.717) is 24.3 Å². The summed E-state index contributed by atoms with van der Waals surface area (Å²) in [5, 5.41) is 22.1. The Morgan fingerprint density at radius 2 is 1.25 bits per heavy atom. The van der Waals surface area contributed by atoms with Gasteiger partial charge in [-0.3, -0.25) is 0 Å². The largest absolute Gasteiger partial charge is 0.406 e. The molecule has 4 nitrogen and oxygen atoms in total. The lowest BCUT2D eigenvalue weighted by Gasteiger charge is -2.38. The molecule has 0 spiro atoms. The molecule has 0 amide bonds. The molecule has 0 fully saturated rings. The molecule has 0 bridgehead atoms.